The molecule has 5 heteroatoms. The lowest BCUT2D eigenvalue weighted by atomic mass is 9.33. The fourth-order valence-corrected chi connectivity index (χ4v) is 17.9. The highest BCUT2D eigenvalue weighted by Crippen LogP contribution is 2.56. The Morgan fingerprint density at radius 2 is 1.00 bits per heavy atom. The molecule has 0 saturated heterocycles. The number of hydrogen-bond acceptors (Lipinski definition) is 2. The Morgan fingerprint density at radius 3 is 1.57 bits per heavy atom. The van der Waals surface area contributed by atoms with E-state index >= 15 is 0 Å². The molecule has 0 radical (unpaired) electrons. The highest BCUT2D eigenvalue weighted by Gasteiger charge is 2.51. The van der Waals surface area contributed by atoms with Crippen molar-refractivity contribution in [2.75, 3.05) is 9.80 Å². The number of allylic oxidation sites excluding steroid dienone is 4. The fourth-order valence-electron chi connectivity index (χ4n) is 17.9. The second-order valence-corrected chi connectivity index (χ2v) is 34.3. The minimum Gasteiger partial charge on any atom is -0.334 e. The number of hydrogen-bond donors (Lipinski definition) is 0. The number of nitrogens with zero attached hydrogens (tertiary/aromatic N) is 4. The predicted molar refractivity (Wildman–Crippen MR) is 451 cm³/mol. The molecule has 105 heavy (non-hydrogen) atoms. The van der Waals surface area contributed by atoms with Gasteiger partial charge in [0.25, 0.3) is 6.71 Å². The molecule has 522 valence electrons. The Morgan fingerprint density at radius 1 is 0.457 bits per heavy atom. The molecular weight excluding hydrogens is 1270 g/mol. The first-order valence-electron chi connectivity index (χ1n) is 45.0. The molecule has 4 atom stereocenters. The van der Waals surface area contributed by atoms with Crippen molar-refractivity contribution < 1.29 is 19.2 Å². The van der Waals surface area contributed by atoms with Gasteiger partial charge in [-0.05, 0) is 231 Å². The maximum Gasteiger partial charge on any atom is 0.252 e. The lowest BCUT2D eigenvalue weighted by Crippen LogP contribution is -2.64. The van der Waals surface area contributed by atoms with Crippen LogP contribution in [0.5, 0.6) is 0 Å². The molecule has 0 fully saturated rings. The molecule has 4 nitrogen and oxygen atoms in total. The van der Waals surface area contributed by atoms with E-state index in [9.17, 15) is 19.2 Å². The van der Waals surface area contributed by atoms with Crippen molar-refractivity contribution in [1.29, 1.82) is 0 Å². The predicted octanol–water partition coefficient (Wildman–Crippen LogP) is 25.4. The Labute approximate surface area is 643 Å². The maximum absolute atomic E-state index is 10.3. The van der Waals surface area contributed by atoms with E-state index in [2.05, 4.69) is 193 Å². The van der Waals surface area contributed by atoms with Gasteiger partial charge in [-0.15, -0.1) is 0 Å². The van der Waals surface area contributed by atoms with E-state index in [1.807, 2.05) is 63.2 Å². The summed E-state index contributed by atoms with van der Waals surface area (Å²) >= 11 is 0. The van der Waals surface area contributed by atoms with Crippen LogP contribution in [0.3, 0.4) is 0 Å². The van der Waals surface area contributed by atoms with Gasteiger partial charge in [-0.1, -0.05) is 264 Å². The first kappa shape index (κ1) is 52.8. The van der Waals surface area contributed by atoms with E-state index < -0.39 is 41.7 Å². The number of para-hydroxylation sites is 2. The monoisotopic (exact) mass is 1380 g/mol. The zero-order valence-electron chi connectivity index (χ0n) is 76.6. The minimum absolute atomic E-state index is 0.0130. The summed E-state index contributed by atoms with van der Waals surface area (Å²) in [4.78, 5) is 5.16. The van der Waals surface area contributed by atoms with Crippen LogP contribution < -0.4 is 26.2 Å². The van der Waals surface area contributed by atoms with Gasteiger partial charge >= 0.3 is 0 Å². The standard InChI is InChI=1S/C100H99BN4/c1-97(2,3)70-47-53-89-83(55-70)77-43-29-31-45-87(77)103(89)75-49-51-85-91(63-75)105(96-80(67-38-24-16-25-39-67)58-72(99(7,8)9)59-81(96)68-40-26-17-27-41-68)93-61-73(100(10,11)12)60-92-94(93)101(85)84-50-48-74(102-86-44-30-28-42-76(86)82-54-69(46-52-88(82)102)64-32-18-13-19-33-64)62-90(84)104(92)95-78(65-34-20-14-21-35-65)56-71(98(4,5)6)57-79(95)66-36-22-15-23-37-66/h13-16,18-24,28-37,40,42-58,60-63,67,72,81,96H,17,25-27,38-39,41,59H2,1-12H3/i28D,29D,30D,31D,42D,43D,44D,45D,46D,47D,52D,53D,54D,55D. The zero-order chi connectivity index (χ0) is 84.2. The van der Waals surface area contributed by atoms with E-state index in [0.29, 0.717) is 28.2 Å². The van der Waals surface area contributed by atoms with Crippen LogP contribution in [-0.4, -0.2) is 21.9 Å². The van der Waals surface area contributed by atoms with Crippen molar-refractivity contribution in [3.8, 4) is 44.8 Å². The van der Waals surface area contributed by atoms with Crippen LogP contribution in [0, 0.1) is 23.2 Å². The van der Waals surface area contributed by atoms with Gasteiger partial charge in [0.1, 0.15) is 0 Å². The molecular formula is C100H99BN4. The smallest absolute Gasteiger partial charge is 0.252 e. The first-order chi connectivity index (χ1) is 56.5. The van der Waals surface area contributed by atoms with E-state index in [4.69, 9.17) is 0 Å². The van der Waals surface area contributed by atoms with Gasteiger partial charge < -0.3 is 18.9 Å². The fraction of sp³-hybridized carbons (Fsp3) is 0.280. The molecule has 5 aliphatic rings. The maximum atomic E-state index is 10.3. The highest BCUT2D eigenvalue weighted by molar-refractivity contribution is 7.00. The van der Waals surface area contributed by atoms with Gasteiger partial charge in [0.2, 0.25) is 0 Å². The van der Waals surface area contributed by atoms with Gasteiger partial charge in [-0.2, -0.15) is 0 Å². The van der Waals surface area contributed by atoms with Crippen LogP contribution in [0.1, 0.15) is 170 Å². The summed E-state index contributed by atoms with van der Waals surface area (Å²) in [5, 5.41) is 0.479. The lowest BCUT2D eigenvalue weighted by Gasteiger charge is -2.53. The Kier molecular flexibility index (Phi) is 12.7. The topological polar surface area (TPSA) is 16.3 Å². The summed E-state index contributed by atoms with van der Waals surface area (Å²) in [6.07, 6.45) is 17.6. The van der Waals surface area contributed by atoms with E-state index in [0.717, 1.165) is 124 Å². The molecule has 18 rings (SSSR count). The molecule has 0 bridgehead atoms. The van der Waals surface area contributed by atoms with Gasteiger partial charge in [-0.25, -0.2) is 0 Å². The van der Waals surface area contributed by atoms with Crippen LogP contribution in [-0.2, 0) is 16.2 Å². The van der Waals surface area contributed by atoms with Crippen LogP contribution >= 0.6 is 0 Å². The van der Waals surface area contributed by atoms with E-state index in [-0.39, 0.29) is 144 Å². The lowest BCUT2D eigenvalue weighted by molar-refractivity contribution is 0.220. The average molecular weight is 1380 g/mol. The summed E-state index contributed by atoms with van der Waals surface area (Å²) < 4.78 is 142. The quantitative estimate of drug-likeness (QED) is 0.106. The normalized spacial score (nSPS) is 20.2. The molecule has 0 amide bonds. The van der Waals surface area contributed by atoms with Crippen LogP contribution in [0.15, 0.2) is 272 Å². The summed E-state index contributed by atoms with van der Waals surface area (Å²) in [5.74, 6) is 0.328. The van der Waals surface area contributed by atoms with Crippen molar-refractivity contribution in [3.63, 3.8) is 0 Å². The highest BCUT2D eigenvalue weighted by atomic mass is 15.2. The molecule has 0 spiro atoms. The average Bonchev–Trinajstić information content (AvgIpc) is 1.51. The summed E-state index contributed by atoms with van der Waals surface area (Å²) in [5.41, 5.74) is 16.4. The summed E-state index contributed by atoms with van der Waals surface area (Å²) in [6, 6.07) is 47.7. The van der Waals surface area contributed by atoms with Gasteiger partial charge in [0.15, 0.2) is 0 Å². The third-order valence-corrected chi connectivity index (χ3v) is 23.5. The molecule has 0 N–H and O–H groups in total. The molecule has 3 aliphatic carbocycles. The van der Waals surface area contributed by atoms with Crippen LogP contribution in [0.2, 0.25) is 0 Å². The third kappa shape index (κ3) is 11.4. The minimum atomic E-state index is -0.808. The third-order valence-electron chi connectivity index (χ3n) is 23.5. The number of aromatic nitrogens is 2. The summed E-state index contributed by atoms with van der Waals surface area (Å²) in [7, 11) is 0. The van der Waals surface area contributed by atoms with Gasteiger partial charge in [0, 0.05) is 72.7 Å². The Bertz CT molecular complexity index is 6510. The molecule has 11 aromatic carbocycles. The largest absolute Gasteiger partial charge is 0.334 e. The SMILES string of the molecule is [2H]c1c([2H])c([2H])c2c(c1[2H])c1c([2H])c(-c3ccccc3)c([2H])c([2H])c1n2-c1ccc2c(c1)N(c1c(-c3ccccc3)cc(C(C)(C)C)cc1-c1ccccc1)c1cc(C(C)(C)C)cc3c1B2c1ccc(-n2c4c([2H])c([2H])c([2H])c([2H])c4c4c([2H])c(C(C)(C)C)c([2H])c([2H])c42)cc1N3C1C(C2CC=CCC2)=CC(C(C)(C)C)CC1C1=CCCCC1. The first-order valence-corrected chi connectivity index (χ1v) is 38.0. The number of fused-ring (bicyclic) bond motifs is 10. The van der Waals surface area contributed by atoms with E-state index in [1.165, 1.54) is 11.1 Å². The summed E-state index contributed by atoms with van der Waals surface area (Å²) in [6.45, 7) is 25.8. The van der Waals surface area contributed by atoms with E-state index in [1.54, 1.807) is 21.3 Å². The van der Waals surface area contributed by atoms with Gasteiger partial charge in [0.05, 0.1) is 53.0 Å². The molecule has 13 aromatic rings. The number of benzene rings is 11. The number of rotatable bonds is 9. The van der Waals surface area contributed by atoms with Crippen LogP contribution in [0.25, 0.3) is 88.4 Å². The molecule has 4 unspecified atom stereocenters. The molecule has 0 saturated carbocycles. The molecule has 2 aliphatic heterocycles. The van der Waals surface area contributed by atoms with Crippen molar-refractivity contribution in [2.45, 2.75) is 157 Å². The van der Waals surface area contributed by atoms with Crippen molar-refractivity contribution in [3.05, 3.63) is 288 Å². The van der Waals surface area contributed by atoms with Crippen molar-refractivity contribution >= 4 is 95.1 Å². The van der Waals surface area contributed by atoms with Crippen molar-refractivity contribution in [1.82, 2.24) is 9.13 Å². The zero-order valence-corrected chi connectivity index (χ0v) is 62.6. The number of anilines is 5. The van der Waals surface area contributed by atoms with Crippen molar-refractivity contribution in [2.24, 2.45) is 23.2 Å². The second-order valence-electron chi connectivity index (χ2n) is 34.3. The second kappa shape index (κ2) is 25.3. The Balaban J connectivity index is 1.05. The van der Waals surface area contributed by atoms with Crippen LogP contribution in [0.4, 0.5) is 28.4 Å². The Hall–Kier alpha value is -10.1. The molecule has 4 heterocycles. The molecule has 2 aromatic heterocycles. The van der Waals surface area contributed by atoms with Gasteiger partial charge in [-0.3, -0.25) is 0 Å².